The van der Waals surface area contributed by atoms with E-state index in [2.05, 4.69) is 10.5 Å². The Morgan fingerprint density at radius 1 is 1.19 bits per heavy atom. The summed E-state index contributed by atoms with van der Waals surface area (Å²) in [6.07, 6.45) is 9.85. The first-order valence-electron chi connectivity index (χ1n) is 11.7. The molecule has 2 N–H and O–H groups in total. The van der Waals surface area contributed by atoms with Crippen LogP contribution in [0.4, 0.5) is 0 Å². The lowest BCUT2D eigenvalue weighted by Gasteiger charge is -2.31. The van der Waals surface area contributed by atoms with E-state index < -0.39 is 11.4 Å². The molecule has 0 unspecified atom stereocenters. The van der Waals surface area contributed by atoms with Gasteiger partial charge in [-0.05, 0) is 87.7 Å². The minimum absolute atomic E-state index is 0.313. The molecule has 1 aromatic heterocycles. The van der Waals surface area contributed by atoms with E-state index in [0.717, 1.165) is 61.9 Å². The molecule has 8 nitrogen and oxygen atoms in total. The van der Waals surface area contributed by atoms with Crippen LogP contribution in [-0.4, -0.2) is 48.3 Å². The molecule has 0 spiro atoms. The topological polar surface area (TPSA) is 111 Å². The van der Waals surface area contributed by atoms with Crippen molar-refractivity contribution >= 4 is 23.2 Å². The number of aldehydes is 1. The SMILES string of the molecule is O=CC1(C(=O)O)CCC1.c1cc(OC2CCCC2)c2c(OCC3CCNCC3)noc2c1. The van der Waals surface area contributed by atoms with Crippen LogP contribution >= 0.6 is 0 Å². The molecule has 0 bridgehead atoms. The minimum atomic E-state index is -1.00. The van der Waals surface area contributed by atoms with Crippen molar-refractivity contribution in [2.45, 2.75) is 63.9 Å². The number of fused-ring (bicyclic) bond motifs is 1. The number of carbonyl (C=O) groups is 2. The van der Waals surface area contributed by atoms with E-state index in [4.69, 9.17) is 19.1 Å². The smallest absolute Gasteiger partial charge is 0.316 e. The van der Waals surface area contributed by atoms with Crippen LogP contribution in [0.5, 0.6) is 11.6 Å². The van der Waals surface area contributed by atoms with Crippen LogP contribution in [0.15, 0.2) is 22.7 Å². The van der Waals surface area contributed by atoms with Gasteiger partial charge in [0, 0.05) is 0 Å². The number of piperidine rings is 1. The first-order valence-corrected chi connectivity index (χ1v) is 11.7. The van der Waals surface area contributed by atoms with Crippen molar-refractivity contribution in [1.29, 1.82) is 0 Å². The first kappa shape index (κ1) is 22.6. The van der Waals surface area contributed by atoms with Gasteiger partial charge in [-0.1, -0.05) is 12.5 Å². The van der Waals surface area contributed by atoms with Crippen molar-refractivity contribution in [2.24, 2.45) is 11.3 Å². The Bertz CT molecular complexity index is 910. The van der Waals surface area contributed by atoms with Crippen LogP contribution in [0.3, 0.4) is 0 Å². The molecule has 2 heterocycles. The summed E-state index contributed by atoms with van der Waals surface area (Å²) < 4.78 is 17.6. The molecular weight excluding hydrogens is 412 g/mol. The second-order valence-corrected chi connectivity index (χ2v) is 9.08. The molecule has 2 aliphatic carbocycles. The van der Waals surface area contributed by atoms with Gasteiger partial charge in [-0.2, -0.15) is 0 Å². The highest BCUT2D eigenvalue weighted by molar-refractivity contribution is 5.93. The zero-order valence-corrected chi connectivity index (χ0v) is 18.4. The lowest BCUT2D eigenvalue weighted by Crippen LogP contribution is -2.39. The number of rotatable bonds is 7. The van der Waals surface area contributed by atoms with E-state index in [1.807, 2.05) is 18.2 Å². The molecule has 1 aromatic carbocycles. The molecule has 3 fully saturated rings. The number of hydrogen-bond acceptors (Lipinski definition) is 7. The third-order valence-electron chi connectivity index (χ3n) is 6.84. The molecule has 1 aliphatic heterocycles. The van der Waals surface area contributed by atoms with E-state index in [1.165, 1.54) is 12.8 Å². The van der Waals surface area contributed by atoms with Crippen molar-refractivity contribution in [3.63, 3.8) is 0 Å². The lowest BCUT2D eigenvalue weighted by molar-refractivity contribution is -0.156. The second kappa shape index (κ2) is 10.3. The lowest BCUT2D eigenvalue weighted by atomic mass is 9.70. The van der Waals surface area contributed by atoms with Crippen LogP contribution in [0, 0.1) is 11.3 Å². The Morgan fingerprint density at radius 3 is 2.53 bits per heavy atom. The standard InChI is InChI=1S/C18H24N2O3.C6H8O3/c1-2-5-14(4-1)22-15-6-3-7-16-17(15)18(20-23-16)21-12-13-8-10-19-11-9-13;7-4-6(5(8)9)2-1-3-6/h3,6-7,13-14,19H,1-2,4-5,8-12H2;4H,1-3H2,(H,8,9). The molecule has 2 saturated carbocycles. The molecule has 0 atom stereocenters. The summed E-state index contributed by atoms with van der Waals surface area (Å²) in [6, 6.07) is 5.87. The molecule has 0 radical (unpaired) electrons. The number of aliphatic carboxylic acids is 1. The van der Waals surface area contributed by atoms with Gasteiger partial charge in [0.1, 0.15) is 22.8 Å². The minimum Gasteiger partial charge on any atom is -0.489 e. The predicted octanol–water partition coefficient (Wildman–Crippen LogP) is 3.97. The van der Waals surface area contributed by atoms with E-state index >= 15 is 0 Å². The normalized spacial score (nSPS) is 20.8. The van der Waals surface area contributed by atoms with E-state index in [1.54, 1.807) is 0 Å². The number of hydrogen-bond donors (Lipinski definition) is 2. The van der Waals surface area contributed by atoms with Crippen LogP contribution < -0.4 is 14.8 Å². The maximum absolute atomic E-state index is 10.3. The number of nitrogens with one attached hydrogen (secondary N) is 1. The Labute approximate surface area is 187 Å². The van der Waals surface area contributed by atoms with Gasteiger partial charge in [0.05, 0.1) is 12.7 Å². The number of benzene rings is 1. The Hall–Kier alpha value is -2.61. The van der Waals surface area contributed by atoms with Gasteiger partial charge in [-0.25, -0.2) is 0 Å². The highest BCUT2D eigenvalue weighted by atomic mass is 16.5. The van der Waals surface area contributed by atoms with Gasteiger partial charge in [0.2, 0.25) is 0 Å². The van der Waals surface area contributed by atoms with Gasteiger partial charge in [-0.3, -0.25) is 4.79 Å². The number of carboxylic acid groups (broad SMARTS) is 1. The fourth-order valence-electron chi connectivity index (χ4n) is 4.50. The second-order valence-electron chi connectivity index (χ2n) is 9.08. The summed E-state index contributed by atoms with van der Waals surface area (Å²) >= 11 is 0. The number of carboxylic acids is 1. The van der Waals surface area contributed by atoms with Crippen molar-refractivity contribution < 1.29 is 28.7 Å². The number of aromatic nitrogens is 1. The number of nitrogens with zero attached hydrogens (tertiary/aromatic N) is 1. The molecule has 3 aliphatic rings. The number of carbonyl (C=O) groups excluding carboxylic acids is 1. The molecule has 2 aromatic rings. The van der Waals surface area contributed by atoms with Crippen molar-refractivity contribution in [3.05, 3.63) is 18.2 Å². The third-order valence-corrected chi connectivity index (χ3v) is 6.84. The van der Waals surface area contributed by atoms with Crippen LogP contribution in [0.25, 0.3) is 11.0 Å². The van der Waals surface area contributed by atoms with Gasteiger partial charge >= 0.3 is 5.97 Å². The quantitative estimate of drug-likeness (QED) is 0.488. The summed E-state index contributed by atoms with van der Waals surface area (Å²) in [4.78, 5) is 20.5. The highest BCUT2D eigenvalue weighted by Crippen LogP contribution is 2.39. The fraction of sp³-hybridized carbons (Fsp3) is 0.625. The average Bonchev–Trinajstić information content (AvgIpc) is 3.43. The van der Waals surface area contributed by atoms with Crippen molar-refractivity contribution in [2.75, 3.05) is 19.7 Å². The van der Waals surface area contributed by atoms with Crippen molar-refractivity contribution in [1.82, 2.24) is 10.5 Å². The summed E-state index contributed by atoms with van der Waals surface area (Å²) in [5, 5.41) is 16.8. The summed E-state index contributed by atoms with van der Waals surface area (Å²) in [5.74, 6) is 1.04. The Balaban J connectivity index is 0.000000230. The monoisotopic (exact) mass is 444 g/mol. The zero-order chi connectivity index (χ0) is 22.4. The zero-order valence-electron chi connectivity index (χ0n) is 18.4. The molecule has 5 rings (SSSR count). The Morgan fingerprint density at radius 2 is 1.94 bits per heavy atom. The summed E-state index contributed by atoms with van der Waals surface area (Å²) in [5.41, 5.74) is -0.263. The van der Waals surface area contributed by atoms with Crippen molar-refractivity contribution in [3.8, 4) is 11.6 Å². The molecule has 174 valence electrons. The van der Waals surface area contributed by atoms with E-state index in [9.17, 15) is 9.59 Å². The average molecular weight is 445 g/mol. The maximum atomic E-state index is 10.3. The molecule has 0 amide bonds. The van der Waals surface area contributed by atoms with E-state index in [-0.39, 0.29) is 0 Å². The first-order chi connectivity index (χ1) is 15.6. The van der Waals surface area contributed by atoms with Crippen LogP contribution in [-0.2, 0) is 9.59 Å². The summed E-state index contributed by atoms with van der Waals surface area (Å²) in [6.45, 7) is 2.84. The van der Waals surface area contributed by atoms with Gasteiger partial charge in [-0.15, -0.1) is 0 Å². The Kier molecular flexibility index (Phi) is 7.29. The molecule has 8 heteroatoms. The third kappa shape index (κ3) is 5.06. The highest BCUT2D eigenvalue weighted by Gasteiger charge is 2.44. The molecular formula is C24H32N2O6. The van der Waals surface area contributed by atoms with Gasteiger partial charge < -0.3 is 29.2 Å². The molecule has 1 saturated heterocycles. The number of ether oxygens (including phenoxy) is 2. The van der Waals surface area contributed by atoms with Crippen LogP contribution in [0.2, 0.25) is 0 Å². The summed E-state index contributed by atoms with van der Waals surface area (Å²) in [7, 11) is 0. The maximum Gasteiger partial charge on any atom is 0.316 e. The van der Waals surface area contributed by atoms with Gasteiger partial charge in [0.15, 0.2) is 5.58 Å². The fourth-order valence-corrected chi connectivity index (χ4v) is 4.50. The van der Waals surface area contributed by atoms with Crippen LogP contribution in [0.1, 0.15) is 57.8 Å². The molecule has 32 heavy (non-hydrogen) atoms. The largest absolute Gasteiger partial charge is 0.489 e. The predicted molar refractivity (Wildman–Crippen MR) is 118 cm³/mol. The van der Waals surface area contributed by atoms with E-state index in [0.29, 0.717) is 43.6 Å². The van der Waals surface area contributed by atoms with Gasteiger partial charge in [0.25, 0.3) is 5.88 Å².